The third-order valence-electron chi connectivity index (χ3n) is 6.75. The number of Topliss-reactive ketones (excluding diaryl/α,β-unsaturated/α-hetero) is 1. The Bertz CT molecular complexity index is 1230. The number of nitro benzene ring substituents is 1. The van der Waals surface area contributed by atoms with Gasteiger partial charge in [-0.15, -0.1) is 0 Å². The highest BCUT2D eigenvalue weighted by molar-refractivity contribution is 6.46. The number of carbonyl (C=O) groups excluding carboxylic acids is 2. The number of rotatable bonds is 9. The highest BCUT2D eigenvalue weighted by Gasteiger charge is 2.46. The number of likely N-dealkylation sites (tertiary alicyclic amines) is 1. The standard InChI is InChI=1S/C28H33N3O7/c1-18(2)38-23-10-7-21(17-19(23)3)26(32)24-25(20-5-8-22(9-6-20)31(35)36)30(28(34)27(24)33)12-4-11-29-13-15-37-16-14-29/h5-10,17-18,25,32H,4,11-16H2,1-3H3/b26-24+/t25-/m0/s1. The van der Waals surface area contributed by atoms with Crippen LogP contribution < -0.4 is 4.74 Å². The van der Waals surface area contributed by atoms with Crippen molar-refractivity contribution < 1.29 is 29.1 Å². The van der Waals surface area contributed by atoms with E-state index in [1.807, 2.05) is 20.8 Å². The maximum absolute atomic E-state index is 13.3. The first-order chi connectivity index (χ1) is 18.2. The second kappa shape index (κ2) is 11.7. The number of hydrogen-bond acceptors (Lipinski definition) is 8. The van der Waals surface area contributed by atoms with Crippen molar-refractivity contribution in [2.45, 2.75) is 39.3 Å². The number of aliphatic hydroxyl groups is 1. The van der Waals surface area contributed by atoms with E-state index < -0.39 is 22.7 Å². The van der Waals surface area contributed by atoms with Gasteiger partial charge in [0.15, 0.2) is 0 Å². The lowest BCUT2D eigenvalue weighted by molar-refractivity contribution is -0.384. The molecule has 2 saturated heterocycles. The Labute approximate surface area is 221 Å². The zero-order valence-electron chi connectivity index (χ0n) is 21.9. The van der Waals surface area contributed by atoms with E-state index >= 15 is 0 Å². The van der Waals surface area contributed by atoms with Crippen LogP contribution >= 0.6 is 0 Å². The molecule has 2 aromatic rings. The second-order valence-electron chi connectivity index (χ2n) is 9.80. The smallest absolute Gasteiger partial charge is 0.295 e. The Morgan fingerprint density at radius 1 is 1.13 bits per heavy atom. The maximum atomic E-state index is 13.3. The fourth-order valence-corrected chi connectivity index (χ4v) is 4.86. The van der Waals surface area contributed by atoms with Crippen molar-refractivity contribution in [2.24, 2.45) is 0 Å². The van der Waals surface area contributed by atoms with Gasteiger partial charge in [-0.3, -0.25) is 24.6 Å². The van der Waals surface area contributed by atoms with Crippen LogP contribution in [0.15, 0.2) is 48.0 Å². The van der Waals surface area contributed by atoms with E-state index in [0.717, 1.165) is 25.2 Å². The van der Waals surface area contributed by atoms with Gasteiger partial charge in [-0.2, -0.15) is 0 Å². The number of ether oxygens (including phenoxy) is 2. The number of non-ortho nitro benzene ring substituents is 1. The largest absolute Gasteiger partial charge is 0.507 e. The van der Waals surface area contributed by atoms with Gasteiger partial charge < -0.3 is 19.5 Å². The molecule has 2 heterocycles. The van der Waals surface area contributed by atoms with Gasteiger partial charge in [0, 0.05) is 43.9 Å². The van der Waals surface area contributed by atoms with Gasteiger partial charge >= 0.3 is 0 Å². The van der Waals surface area contributed by atoms with Crippen LogP contribution in [0.25, 0.3) is 5.76 Å². The summed E-state index contributed by atoms with van der Waals surface area (Å²) in [6.07, 6.45) is 0.592. The molecular weight excluding hydrogens is 490 g/mol. The van der Waals surface area contributed by atoms with Crippen molar-refractivity contribution in [3.05, 3.63) is 74.8 Å². The molecule has 1 N–H and O–H groups in total. The van der Waals surface area contributed by atoms with Crippen LogP contribution in [0.2, 0.25) is 0 Å². The Morgan fingerprint density at radius 2 is 1.82 bits per heavy atom. The number of ketones is 1. The van der Waals surface area contributed by atoms with Gasteiger partial charge in [-0.05, 0) is 68.7 Å². The van der Waals surface area contributed by atoms with Gasteiger partial charge in [-0.1, -0.05) is 0 Å². The summed E-state index contributed by atoms with van der Waals surface area (Å²) < 4.78 is 11.2. The molecular formula is C28H33N3O7. The minimum absolute atomic E-state index is 0.0296. The minimum atomic E-state index is -0.868. The molecule has 0 saturated carbocycles. The number of hydrogen-bond donors (Lipinski definition) is 1. The normalized spacial score (nSPS) is 19.8. The minimum Gasteiger partial charge on any atom is -0.507 e. The first kappa shape index (κ1) is 27.3. The summed E-state index contributed by atoms with van der Waals surface area (Å²) in [4.78, 5) is 40.9. The topological polar surface area (TPSA) is 122 Å². The van der Waals surface area contributed by atoms with Crippen molar-refractivity contribution >= 4 is 23.1 Å². The molecule has 4 rings (SSSR count). The molecule has 2 aliphatic heterocycles. The Hall–Kier alpha value is -3.76. The number of aryl methyl sites for hydroxylation is 1. The van der Waals surface area contributed by atoms with Crippen molar-refractivity contribution in [2.75, 3.05) is 39.4 Å². The van der Waals surface area contributed by atoms with Crippen molar-refractivity contribution in [3.8, 4) is 5.75 Å². The monoisotopic (exact) mass is 523 g/mol. The zero-order chi connectivity index (χ0) is 27.4. The zero-order valence-corrected chi connectivity index (χ0v) is 21.9. The van der Waals surface area contributed by atoms with Gasteiger partial charge in [0.05, 0.1) is 35.9 Å². The molecule has 10 heteroatoms. The molecule has 10 nitrogen and oxygen atoms in total. The van der Waals surface area contributed by atoms with Crippen LogP contribution in [0.5, 0.6) is 5.75 Å². The van der Waals surface area contributed by atoms with Crippen LogP contribution in [0.4, 0.5) is 5.69 Å². The van der Waals surface area contributed by atoms with Gasteiger partial charge in [0.25, 0.3) is 17.4 Å². The van der Waals surface area contributed by atoms with E-state index in [1.165, 1.54) is 29.2 Å². The average molecular weight is 524 g/mol. The highest BCUT2D eigenvalue weighted by atomic mass is 16.6. The first-order valence-electron chi connectivity index (χ1n) is 12.8. The number of carbonyl (C=O) groups is 2. The number of morpholine rings is 1. The van der Waals surface area contributed by atoms with E-state index in [2.05, 4.69) is 4.90 Å². The molecule has 2 fully saturated rings. The van der Waals surface area contributed by atoms with E-state index in [4.69, 9.17) is 9.47 Å². The van der Waals surface area contributed by atoms with Crippen LogP contribution in [-0.2, 0) is 14.3 Å². The lowest BCUT2D eigenvalue weighted by Crippen LogP contribution is -2.38. The third-order valence-corrected chi connectivity index (χ3v) is 6.75. The predicted octanol–water partition coefficient (Wildman–Crippen LogP) is 3.83. The molecule has 2 aliphatic rings. The second-order valence-corrected chi connectivity index (χ2v) is 9.80. The van der Waals surface area contributed by atoms with E-state index in [0.29, 0.717) is 43.1 Å². The van der Waals surface area contributed by atoms with Gasteiger partial charge in [-0.25, -0.2) is 0 Å². The Morgan fingerprint density at radius 3 is 2.42 bits per heavy atom. The summed E-state index contributed by atoms with van der Waals surface area (Å²) in [7, 11) is 0. The fraction of sp³-hybridized carbons (Fsp3) is 0.429. The number of aliphatic hydroxyl groups excluding tert-OH is 1. The summed E-state index contributed by atoms with van der Waals surface area (Å²) in [5, 5.41) is 22.5. The summed E-state index contributed by atoms with van der Waals surface area (Å²) in [5.41, 5.74) is 1.53. The maximum Gasteiger partial charge on any atom is 0.295 e. The van der Waals surface area contributed by atoms with E-state index in [1.54, 1.807) is 18.2 Å². The van der Waals surface area contributed by atoms with Crippen LogP contribution in [0.1, 0.15) is 43.0 Å². The molecule has 38 heavy (non-hydrogen) atoms. The lowest BCUT2D eigenvalue weighted by Gasteiger charge is -2.29. The summed E-state index contributed by atoms with van der Waals surface area (Å²) in [6.45, 7) is 9.63. The van der Waals surface area contributed by atoms with Crippen molar-refractivity contribution in [1.82, 2.24) is 9.80 Å². The SMILES string of the molecule is Cc1cc(/C(O)=C2\C(=O)C(=O)N(CCCN3CCOCC3)[C@H]2c2ccc([N+](=O)[O-])cc2)ccc1OC(C)C. The molecule has 0 unspecified atom stereocenters. The molecule has 0 aromatic heterocycles. The summed E-state index contributed by atoms with van der Waals surface area (Å²) >= 11 is 0. The van der Waals surface area contributed by atoms with Crippen molar-refractivity contribution in [3.63, 3.8) is 0 Å². The molecule has 0 aliphatic carbocycles. The van der Waals surface area contributed by atoms with Crippen molar-refractivity contribution in [1.29, 1.82) is 0 Å². The van der Waals surface area contributed by atoms with Gasteiger partial charge in [0.2, 0.25) is 0 Å². The number of nitro groups is 1. The summed E-state index contributed by atoms with van der Waals surface area (Å²) in [6, 6.07) is 9.96. The number of nitrogens with zero attached hydrogens (tertiary/aromatic N) is 3. The molecule has 1 amide bonds. The summed E-state index contributed by atoms with van der Waals surface area (Å²) in [5.74, 6) is -1.11. The molecule has 1 atom stereocenters. The third kappa shape index (κ3) is 5.87. The number of benzene rings is 2. The average Bonchev–Trinajstić information content (AvgIpc) is 3.15. The predicted molar refractivity (Wildman–Crippen MR) is 141 cm³/mol. The molecule has 0 spiro atoms. The quantitative estimate of drug-likeness (QED) is 0.173. The Kier molecular flexibility index (Phi) is 8.43. The Balaban J connectivity index is 1.69. The van der Waals surface area contributed by atoms with Gasteiger partial charge in [0.1, 0.15) is 11.5 Å². The lowest BCUT2D eigenvalue weighted by atomic mass is 9.94. The van der Waals surface area contributed by atoms with E-state index in [-0.39, 0.29) is 23.1 Å². The molecule has 2 aromatic carbocycles. The molecule has 0 radical (unpaired) electrons. The number of amides is 1. The van der Waals surface area contributed by atoms with E-state index in [9.17, 15) is 24.8 Å². The fourth-order valence-electron chi connectivity index (χ4n) is 4.86. The van der Waals surface area contributed by atoms with Crippen LogP contribution in [0.3, 0.4) is 0 Å². The van der Waals surface area contributed by atoms with Crippen LogP contribution in [-0.4, -0.2) is 77.0 Å². The first-order valence-corrected chi connectivity index (χ1v) is 12.8. The molecule has 202 valence electrons. The highest BCUT2D eigenvalue weighted by Crippen LogP contribution is 2.40. The van der Waals surface area contributed by atoms with Crippen LogP contribution in [0, 0.1) is 17.0 Å². The molecule has 0 bridgehead atoms.